The van der Waals surface area contributed by atoms with Gasteiger partial charge in [0, 0.05) is 16.2 Å². The number of pyridine rings is 1. The molecule has 0 aliphatic rings. The lowest BCUT2D eigenvalue weighted by Crippen LogP contribution is -1.83. The van der Waals surface area contributed by atoms with E-state index in [1.54, 1.807) is 18.3 Å². The minimum Gasteiger partial charge on any atom is -0.337 e. The number of hydrogen-bond acceptors (Lipinski definition) is 2. The number of H-pyrrole nitrogens is 1. The van der Waals surface area contributed by atoms with Crippen molar-refractivity contribution in [2.45, 2.75) is 0 Å². The van der Waals surface area contributed by atoms with Crippen molar-refractivity contribution < 1.29 is 4.39 Å². The molecule has 0 atom stereocenters. The van der Waals surface area contributed by atoms with E-state index in [2.05, 4.69) is 46.8 Å². The zero-order chi connectivity index (χ0) is 12.7. The van der Waals surface area contributed by atoms with Crippen LogP contribution >= 0.6 is 31.9 Å². The zero-order valence-electron chi connectivity index (χ0n) is 8.92. The van der Waals surface area contributed by atoms with Crippen LogP contribution < -0.4 is 0 Å². The van der Waals surface area contributed by atoms with Crippen LogP contribution in [0, 0.1) is 5.82 Å². The molecule has 0 aliphatic heterocycles. The molecule has 90 valence electrons. The standard InChI is InChI=1S/C12H6Br2FN3/c13-7-4-10-12(16-5-7)18-11(17-10)6-1-2-8(14)9(15)3-6/h1-5H,(H,16,17,18). The van der Waals surface area contributed by atoms with E-state index in [1.165, 1.54) is 6.07 Å². The molecule has 3 nitrogen and oxygen atoms in total. The highest BCUT2D eigenvalue weighted by Gasteiger charge is 2.08. The van der Waals surface area contributed by atoms with Gasteiger partial charge >= 0.3 is 0 Å². The van der Waals surface area contributed by atoms with Crippen LogP contribution in [0.2, 0.25) is 0 Å². The number of aromatic nitrogens is 3. The third-order valence-electron chi connectivity index (χ3n) is 2.50. The lowest BCUT2D eigenvalue weighted by Gasteiger charge is -1.98. The molecule has 1 N–H and O–H groups in total. The molecule has 3 rings (SSSR count). The molecule has 0 saturated carbocycles. The summed E-state index contributed by atoms with van der Waals surface area (Å²) < 4.78 is 14.8. The van der Waals surface area contributed by atoms with Crippen LogP contribution in [-0.2, 0) is 0 Å². The Morgan fingerprint density at radius 1 is 1.17 bits per heavy atom. The SMILES string of the molecule is Fc1cc(-c2nc3ncc(Br)cc3[nH]2)ccc1Br. The van der Waals surface area contributed by atoms with Crippen LogP contribution in [-0.4, -0.2) is 15.0 Å². The Morgan fingerprint density at radius 2 is 2.00 bits per heavy atom. The first kappa shape index (κ1) is 11.8. The highest BCUT2D eigenvalue weighted by molar-refractivity contribution is 9.10. The van der Waals surface area contributed by atoms with Gasteiger partial charge in [0.05, 0.1) is 9.99 Å². The van der Waals surface area contributed by atoms with E-state index in [9.17, 15) is 4.39 Å². The first-order chi connectivity index (χ1) is 8.63. The summed E-state index contributed by atoms with van der Waals surface area (Å²) in [5.74, 6) is 0.282. The summed E-state index contributed by atoms with van der Waals surface area (Å²) in [5.41, 5.74) is 2.10. The maximum absolute atomic E-state index is 13.5. The molecular weight excluding hydrogens is 365 g/mol. The van der Waals surface area contributed by atoms with Crippen LogP contribution in [0.4, 0.5) is 4.39 Å². The monoisotopic (exact) mass is 369 g/mol. The van der Waals surface area contributed by atoms with Crippen LogP contribution in [0.25, 0.3) is 22.6 Å². The fourth-order valence-corrected chi connectivity index (χ4v) is 2.23. The van der Waals surface area contributed by atoms with Crippen molar-refractivity contribution in [3.63, 3.8) is 0 Å². The summed E-state index contributed by atoms with van der Waals surface area (Å²) in [6.45, 7) is 0. The molecule has 18 heavy (non-hydrogen) atoms. The summed E-state index contributed by atoms with van der Waals surface area (Å²) in [6.07, 6.45) is 1.68. The van der Waals surface area contributed by atoms with Gasteiger partial charge in [-0.25, -0.2) is 14.4 Å². The number of rotatable bonds is 1. The van der Waals surface area contributed by atoms with Crippen LogP contribution in [0.15, 0.2) is 39.4 Å². The lowest BCUT2D eigenvalue weighted by molar-refractivity contribution is 0.621. The second kappa shape index (κ2) is 4.44. The van der Waals surface area contributed by atoms with E-state index in [0.29, 0.717) is 21.5 Å². The van der Waals surface area contributed by atoms with E-state index in [1.807, 2.05) is 6.07 Å². The number of nitrogens with one attached hydrogen (secondary N) is 1. The van der Waals surface area contributed by atoms with Crippen molar-refractivity contribution in [2.75, 3.05) is 0 Å². The molecule has 0 radical (unpaired) electrons. The first-order valence-electron chi connectivity index (χ1n) is 5.10. The largest absolute Gasteiger partial charge is 0.337 e. The van der Waals surface area contributed by atoms with E-state index in [0.717, 1.165) is 9.99 Å². The van der Waals surface area contributed by atoms with Crippen molar-refractivity contribution in [2.24, 2.45) is 0 Å². The number of nitrogens with zero attached hydrogens (tertiary/aromatic N) is 2. The highest BCUT2D eigenvalue weighted by Crippen LogP contribution is 2.24. The number of hydrogen-bond donors (Lipinski definition) is 1. The van der Waals surface area contributed by atoms with Crippen molar-refractivity contribution in [1.82, 2.24) is 15.0 Å². The summed E-state index contributed by atoms with van der Waals surface area (Å²) in [7, 11) is 0. The topological polar surface area (TPSA) is 41.6 Å². The lowest BCUT2D eigenvalue weighted by atomic mass is 10.2. The van der Waals surface area contributed by atoms with Gasteiger partial charge < -0.3 is 4.98 Å². The summed E-state index contributed by atoms with van der Waals surface area (Å²) >= 11 is 6.46. The van der Waals surface area contributed by atoms with Crippen molar-refractivity contribution >= 4 is 43.0 Å². The Labute approximate surface area is 119 Å². The van der Waals surface area contributed by atoms with Gasteiger partial charge in [-0.15, -0.1) is 0 Å². The molecule has 0 fully saturated rings. The molecular formula is C12H6Br2FN3. The Hall–Kier alpha value is -1.27. The van der Waals surface area contributed by atoms with Gasteiger partial charge in [0.2, 0.25) is 0 Å². The summed E-state index contributed by atoms with van der Waals surface area (Å²) in [6, 6.07) is 6.76. The minimum atomic E-state index is -0.318. The van der Waals surface area contributed by atoms with Crippen molar-refractivity contribution in [3.8, 4) is 11.4 Å². The molecule has 0 bridgehead atoms. The third kappa shape index (κ3) is 2.06. The van der Waals surface area contributed by atoms with Gasteiger partial charge in [0.25, 0.3) is 0 Å². The maximum Gasteiger partial charge on any atom is 0.178 e. The van der Waals surface area contributed by atoms with E-state index < -0.39 is 0 Å². The quantitative estimate of drug-likeness (QED) is 0.694. The second-order valence-electron chi connectivity index (χ2n) is 3.74. The number of fused-ring (bicyclic) bond motifs is 1. The van der Waals surface area contributed by atoms with Gasteiger partial charge in [-0.2, -0.15) is 0 Å². The molecule has 6 heteroatoms. The van der Waals surface area contributed by atoms with Gasteiger partial charge in [-0.05, 0) is 56.1 Å². The number of halogens is 3. The Balaban J connectivity index is 2.16. The predicted octanol–water partition coefficient (Wildman–Crippen LogP) is 4.29. The first-order valence-corrected chi connectivity index (χ1v) is 6.69. The molecule has 2 heterocycles. The average molecular weight is 371 g/mol. The fourth-order valence-electron chi connectivity index (χ4n) is 1.65. The van der Waals surface area contributed by atoms with Crippen LogP contribution in [0.5, 0.6) is 0 Å². The number of benzene rings is 1. The van der Waals surface area contributed by atoms with Crippen molar-refractivity contribution in [3.05, 3.63) is 45.2 Å². The second-order valence-corrected chi connectivity index (χ2v) is 5.51. The van der Waals surface area contributed by atoms with E-state index in [4.69, 9.17) is 0 Å². The molecule has 2 aromatic heterocycles. The maximum atomic E-state index is 13.5. The van der Waals surface area contributed by atoms with Gasteiger partial charge in [0.15, 0.2) is 5.65 Å². The van der Waals surface area contributed by atoms with Crippen LogP contribution in [0.1, 0.15) is 0 Å². The van der Waals surface area contributed by atoms with Gasteiger partial charge in [-0.3, -0.25) is 0 Å². The highest BCUT2D eigenvalue weighted by atomic mass is 79.9. The predicted molar refractivity (Wildman–Crippen MR) is 74.7 cm³/mol. The zero-order valence-corrected chi connectivity index (χ0v) is 12.1. The normalized spacial score (nSPS) is 11.1. The third-order valence-corrected chi connectivity index (χ3v) is 3.57. The molecule has 0 aliphatic carbocycles. The molecule has 0 unspecified atom stereocenters. The van der Waals surface area contributed by atoms with E-state index >= 15 is 0 Å². The molecule has 0 saturated heterocycles. The van der Waals surface area contributed by atoms with Crippen molar-refractivity contribution in [1.29, 1.82) is 0 Å². The van der Waals surface area contributed by atoms with Crippen LogP contribution in [0.3, 0.4) is 0 Å². The Morgan fingerprint density at radius 3 is 2.78 bits per heavy atom. The molecule has 1 aromatic carbocycles. The molecule has 3 aromatic rings. The number of imidazole rings is 1. The molecule has 0 spiro atoms. The minimum absolute atomic E-state index is 0.318. The Kier molecular flexibility index (Phi) is 2.91. The summed E-state index contributed by atoms with van der Waals surface area (Å²) in [4.78, 5) is 11.6. The molecule has 0 amide bonds. The number of aromatic amines is 1. The smallest absolute Gasteiger partial charge is 0.178 e. The van der Waals surface area contributed by atoms with E-state index in [-0.39, 0.29) is 5.82 Å². The summed E-state index contributed by atoms with van der Waals surface area (Å²) in [5, 5.41) is 0. The van der Waals surface area contributed by atoms with Gasteiger partial charge in [0.1, 0.15) is 11.6 Å². The Bertz CT molecular complexity index is 739. The fraction of sp³-hybridized carbons (Fsp3) is 0. The average Bonchev–Trinajstić information content (AvgIpc) is 2.75. The van der Waals surface area contributed by atoms with Gasteiger partial charge in [-0.1, -0.05) is 0 Å².